The molecule has 1 aliphatic rings. The number of benzene rings is 1. The summed E-state index contributed by atoms with van der Waals surface area (Å²) < 4.78 is 9.00. The minimum absolute atomic E-state index is 0.0153. The highest BCUT2D eigenvalue weighted by Crippen LogP contribution is 2.13. The van der Waals surface area contributed by atoms with Gasteiger partial charge in [0.15, 0.2) is 5.84 Å². The minimum atomic E-state index is -0.0446. The number of hydrogen-bond acceptors (Lipinski definition) is 6. The van der Waals surface area contributed by atoms with Crippen LogP contribution in [0.15, 0.2) is 63.7 Å². The van der Waals surface area contributed by atoms with E-state index in [1.807, 2.05) is 36.9 Å². The summed E-state index contributed by atoms with van der Waals surface area (Å²) in [6.45, 7) is 10.3. The summed E-state index contributed by atoms with van der Waals surface area (Å²) in [5.74, 6) is 0.736. The number of amidine groups is 1. The van der Waals surface area contributed by atoms with Crippen LogP contribution in [0.2, 0.25) is 0 Å². The minimum Gasteiger partial charge on any atom is -0.373 e. The van der Waals surface area contributed by atoms with Crippen molar-refractivity contribution in [3.63, 3.8) is 0 Å². The molecule has 1 unspecified atom stereocenters. The lowest BCUT2D eigenvalue weighted by atomic mass is 10.1. The van der Waals surface area contributed by atoms with E-state index in [-0.39, 0.29) is 11.5 Å². The van der Waals surface area contributed by atoms with Crippen molar-refractivity contribution in [2.45, 2.75) is 39.8 Å². The maximum absolute atomic E-state index is 11.3. The summed E-state index contributed by atoms with van der Waals surface area (Å²) >= 11 is 0. The number of ether oxygens (including phenoxy) is 1. The summed E-state index contributed by atoms with van der Waals surface area (Å²) in [6, 6.07) is 10.1. The van der Waals surface area contributed by atoms with Gasteiger partial charge in [0.05, 0.1) is 24.5 Å². The zero-order valence-electron chi connectivity index (χ0n) is 20.5. The second-order valence-corrected chi connectivity index (χ2v) is 8.06. The highest BCUT2D eigenvalue weighted by atomic mass is 16.5. The van der Waals surface area contributed by atoms with Gasteiger partial charge in [0.2, 0.25) is 5.43 Å². The average Bonchev–Trinajstić information content (AvgIpc) is 3.25. The Morgan fingerprint density at radius 1 is 1.32 bits per heavy atom. The maximum Gasteiger partial charge on any atom is 0.203 e. The molecule has 3 heterocycles. The van der Waals surface area contributed by atoms with Crippen molar-refractivity contribution in [3.8, 4) is 5.69 Å². The Balaban J connectivity index is 0.000000191. The first-order chi connectivity index (χ1) is 16.4. The highest BCUT2D eigenvalue weighted by Gasteiger charge is 2.19. The fourth-order valence-electron chi connectivity index (χ4n) is 3.28. The van der Waals surface area contributed by atoms with Gasteiger partial charge >= 0.3 is 0 Å². The van der Waals surface area contributed by atoms with Crippen LogP contribution in [0, 0.1) is 13.8 Å². The maximum atomic E-state index is 11.3. The van der Waals surface area contributed by atoms with Gasteiger partial charge in [-0.05, 0) is 33.8 Å². The predicted octanol–water partition coefficient (Wildman–Crippen LogP) is 2.75. The van der Waals surface area contributed by atoms with E-state index in [1.165, 1.54) is 11.6 Å². The van der Waals surface area contributed by atoms with Crippen LogP contribution >= 0.6 is 0 Å². The van der Waals surface area contributed by atoms with Crippen molar-refractivity contribution in [2.24, 2.45) is 9.98 Å². The molecule has 1 fully saturated rings. The van der Waals surface area contributed by atoms with E-state index < -0.39 is 0 Å². The van der Waals surface area contributed by atoms with Gasteiger partial charge in [0.1, 0.15) is 11.4 Å². The van der Waals surface area contributed by atoms with Crippen molar-refractivity contribution in [2.75, 3.05) is 26.7 Å². The molecular formula is C25H33N7O2. The van der Waals surface area contributed by atoms with Crippen LogP contribution in [0.3, 0.4) is 0 Å². The van der Waals surface area contributed by atoms with Gasteiger partial charge in [-0.2, -0.15) is 10.2 Å². The number of hydrogen-bond donors (Lipinski definition) is 1. The molecule has 180 valence electrons. The second-order valence-electron chi connectivity index (χ2n) is 8.06. The summed E-state index contributed by atoms with van der Waals surface area (Å²) in [5, 5.41) is 11.7. The van der Waals surface area contributed by atoms with E-state index in [9.17, 15) is 4.79 Å². The normalized spacial score (nSPS) is 15.0. The Morgan fingerprint density at radius 3 is 2.74 bits per heavy atom. The SMILES string of the molecule is CCOC(C)C=NC(=NC)c1cccc(C)c1.Cc1nn(-c2cnn(C3CNC3)c2)ccc1=O. The number of aromatic nitrogens is 4. The van der Waals surface area contributed by atoms with Crippen LogP contribution in [-0.2, 0) is 4.74 Å². The number of aliphatic imine (C=N–C) groups is 2. The van der Waals surface area contributed by atoms with E-state index in [4.69, 9.17) is 4.74 Å². The molecule has 9 heteroatoms. The van der Waals surface area contributed by atoms with Crippen LogP contribution in [-0.4, -0.2) is 64.5 Å². The molecule has 9 nitrogen and oxygen atoms in total. The molecule has 1 aromatic carbocycles. The monoisotopic (exact) mass is 463 g/mol. The Morgan fingerprint density at radius 2 is 2.12 bits per heavy atom. The largest absolute Gasteiger partial charge is 0.373 e. The summed E-state index contributed by atoms with van der Waals surface area (Å²) in [6.07, 6.45) is 7.17. The van der Waals surface area contributed by atoms with Crippen LogP contribution in [0.25, 0.3) is 5.69 Å². The van der Waals surface area contributed by atoms with E-state index in [0.29, 0.717) is 18.3 Å². The molecule has 2 aromatic heterocycles. The van der Waals surface area contributed by atoms with Crippen molar-refractivity contribution < 1.29 is 4.74 Å². The number of rotatable bonds is 6. The molecule has 3 aromatic rings. The molecule has 0 saturated carbocycles. The molecule has 0 bridgehead atoms. The molecule has 0 spiro atoms. The fourth-order valence-corrected chi connectivity index (χ4v) is 3.28. The van der Waals surface area contributed by atoms with Gasteiger partial charge in [0, 0.05) is 50.8 Å². The summed E-state index contributed by atoms with van der Waals surface area (Å²) in [7, 11) is 1.75. The Labute approximate surface area is 200 Å². The van der Waals surface area contributed by atoms with Crippen molar-refractivity contribution >= 4 is 12.1 Å². The Hall–Kier alpha value is -3.43. The molecule has 34 heavy (non-hydrogen) atoms. The van der Waals surface area contributed by atoms with Crippen LogP contribution in [0.4, 0.5) is 0 Å². The number of nitrogens with one attached hydrogen (secondary N) is 1. The van der Waals surface area contributed by atoms with Crippen LogP contribution in [0.1, 0.15) is 36.7 Å². The predicted molar refractivity (Wildman–Crippen MR) is 135 cm³/mol. The van der Waals surface area contributed by atoms with Gasteiger partial charge in [0.25, 0.3) is 0 Å². The first-order valence-corrected chi connectivity index (χ1v) is 11.4. The topological polar surface area (TPSA) is 98.7 Å². The van der Waals surface area contributed by atoms with Gasteiger partial charge in [-0.3, -0.25) is 14.5 Å². The number of nitrogens with zero attached hydrogens (tertiary/aromatic N) is 6. The zero-order chi connectivity index (χ0) is 24.5. The zero-order valence-corrected chi connectivity index (χ0v) is 20.5. The molecule has 0 amide bonds. The fraction of sp³-hybridized carbons (Fsp3) is 0.400. The molecule has 4 rings (SSSR count). The van der Waals surface area contributed by atoms with E-state index >= 15 is 0 Å². The molecule has 0 radical (unpaired) electrons. The van der Waals surface area contributed by atoms with E-state index in [0.717, 1.165) is 30.2 Å². The van der Waals surface area contributed by atoms with Gasteiger partial charge < -0.3 is 10.1 Å². The first kappa shape index (κ1) is 25.2. The standard InChI is InChI=1S/C14H20N2O.C11H13N5O/c1-5-17-12(3)10-16-14(15-4)13-8-6-7-11(2)9-13;1-8-11(17)2-3-15(14-8)10-6-13-16(7-10)9-4-12-5-9/h6-10,12H,5H2,1-4H3;2-3,6-7,9,12H,4-5H2,1H3. The summed E-state index contributed by atoms with van der Waals surface area (Å²) in [4.78, 5) is 19.8. The average molecular weight is 464 g/mol. The molecule has 1 atom stereocenters. The lowest BCUT2D eigenvalue weighted by molar-refractivity contribution is 0.125. The molecule has 1 aliphatic heterocycles. The third-order valence-corrected chi connectivity index (χ3v) is 5.29. The van der Waals surface area contributed by atoms with E-state index in [2.05, 4.69) is 44.6 Å². The van der Waals surface area contributed by atoms with E-state index in [1.54, 1.807) is 37.3 Å². The molecule has 1 N–H and O–H groups in total. The van der Waals surface area contributed by atoms with Gasteiger partial charge in [-0.1, -0.05) is 23.8 Å². The van der Waals surface area contributed by atoms with Crippen LogP contribution < -0.4 is 10.7 Å². The van der Waals surface area contributed by atoms with Crippen LogP contribution in [0.5, 0.6) is 0 Å². The second kappa shape index (κ2) is 12.2. The smallest absolute Gasteiger partial charge is 0.203 e. The molecular weight excluding hydrogens is 430 g/mol. The van der Waals surface area contributed by atoms with Crippen molar-refractivity contribution in [3.05, 3.63) is 76.0 Å². The van der Waals surface area contributed by atoms with Gasteiger partial charge in [-0.25, -0.2) is 9.67 Å². The van der Waals surface area contributed by atoms with Gasteiger partial charge in [-0.15, -0.1) is 0 Å². The Kier molecular flexibility index (Phi) is 9.00. The quantitative estimate of drug-likeness (QED) is 0.448. The molecule has 0 aliphatic carbocycles. The third-order valence-electron chi connectivity index (χ3n) is 5.29. The lowest BCUT2D eigenvalue weighted by Gasteiger charge is -2.27. The van der Waals surface area contributed by atoms with Crippen molar-refractivity contribution in [1.82, 2.24) is 24.9 Å². The van der Waals surface area contributed by atoms with Crippen molar-refractivity contribution in [1.29, 1.82) is 0 Å². The lowest BCUT2D eigenvalue weighted by Crippen LogP contribution is -2.43. The number of aryl methyl sites for hydroxylation is 2. The molecule has 1 saturated heterocycles. The third kappa shape index (κ3) is 6.79. The highest BCUT2D eigenvalue weighted by molar-refractivity contribution is 6.03. The Bertz CT molecular complexity index is 1190. The first-order valence-electron chi connectivity index (χ1n) is 11.4. The summed E-state index contributed by atoms with van der Waals surface area (Å²) in [5.41, 5.74) is 3.56.